The number of anilines is 1. The molecule has 142 valence electrons. The summed E-state index contributed by atoms with van der Waals surface area (Å²) in [5.74, 6) is 0.840. The van der Waals surface area contributed by atoms with Crippen molar-refractivity contribution >= 4 is 17.6 Å². The molecular formula is C21H25N3O3. The van der Waals surface area contributed by atoms with Crippen LogP contribution in [0.25, 0.3) is 0 Å². The van der Waals surface area contributed by atoms with Crippen LogP contribution in [0.15, 0.2) is 48.5 Å². The van der Waals surface area contributed by atoms with Crippen LogP contribution in [-0.2, 0) is 0 Å². The van der Waals surface area contributed by atoms with E-state index in [2.05, 4.69) is 10.6 Å². The number of nitrogens with zero attached hydrogens (tertiary/aromatic N) is 1. The molecule has 0 spiro atoms. The van der Waals surface area contributed by atoms with Crippen molar-refractivity contribution in [1.82, 2.24) is 10.2 Å². The highest BCUT2D eigenvalue weighted by Gasteiger charge is 2.19. The first kappa shape index (κ1) is 18.8. The Morgan fingerprint density at radius 2 is 1.81 bits per heavy atom. The van der Waals surface area contributed by atoms with Crippen molar-refractivity contribution in [2.75, 3.05) is 31.6 Å². The van der Waals surface area contributed by atoms with Gasteiger partial charge >= 0.3 is 6.03 Å². The minimum atomic E-state index is -0.304. The number of rotatable bonds is 6. The average Bonchev–Trinajstić information content (AvgIpc) is 3.20. The largest absolute Gasteiger partial charge is 0.492 e. The molecule has 27 heavy (non-hydrogen) atoms. The Bertz CT molecular complexity index is 784. The van der Waals surface area contributed by atoms with Crippen LogP contribution in [-0.4, -0.2) is 43.1 Å². The molecule has 1 fully saturated rings. The molecule has 0 unspecified atom stereocenters. The Balaban J connectivity index is 1.40. The van der Waals surface area contributed by atoms with Gasteiger partial charge in [-0.2, -0.15) is 0 Å². The number of likely N-dealkylation sites (tertiary alicyclic amines) is 1. The van der Waals surface area contributed by atoms with Crippen LogP contribution in [0, 0.1) is 6.92 Å². The van der Waals surface area contributed by atoms with Crippen molar-refractivity contribution in [2.45, 2.75) is 19.8 Å². The second-order valence-electron chi connectivity index (χ2n) is 6.62. The maximum atomic E-state index is 12.3. The van der Waals surface area contributed by atoms with Gasteiger partial charge in [-0.05, 0) is 61.7 Å². The van der Waals surface area contributed by atoms with Gasteiger partial charge in [-0.25, -0.2) is 4.79 Å². The third-order valence-corrected chi connectivity index (χ3v) is 4.43. The van der Waals surface area contributed by atoms with E-state index >= 15 is 0 Å². The van der Waals surface area contributed by atoms with Crippen molar-refractivity contribution < 1.29 is 14.3 Å². The molecule has 0 bridgehead atoms. The standard InChI is InChI=1S/C21H25N3O3/c1-16-5-4-6-19(15-16)27-14-11-22-21(26)23-18-9-7-17(8-10-18)20(25)24-12-2-3-13-24/h4-10,15H,2-3,11-14H2,1H3,(H2,22,23,26). The molecule has 1 aliphatic heterocycles. The number of urea groups is 1. The van der Waals surface area contributed by atoms with Crippen LogP contribution < -0.4 is 15.4 Å². The molecule has 1 aliphatic rings. The van der Waals surface area contributed by atoms with Crippen molar-refractivity contribution in [3.63, 3.8) is 0 Å². The Morgan fingerprint density at radius 1 is 1.07 bits per heavy atom. The highest BCUT2D eigenvalue weighted by molar-refractivity contribution is 5.95. The van der Waals surface area contributed by atoms with Gasteiger partial charge in [-0.3, -0.25) is 4.79 Å². The third kappa shape index (κ3) is 5.48. The van der Waals surface area contributed by atoms with Crippen LogP contribution >= 0.6 is 0 Å². The molecular weight excluding hydrogens is 342 g/mol. The average molecular weight is 367 g/mol. The van der Waals surface area contributed by atoms with Gasteiger partial charge in [-0.1, -0.05) is 12.1 Å². The summed E-state index contributed by atoms with van der Waals surface area (Å²) in [6.45, 7) is 4.44. The number of ether oxygens (including phenoxy) is 1. The van der Waals surface area contributed by atoms with Gasteiger partial charge in [0.15, 0.2) is 0 Å². The quantitative estimate of drug-likeness (QED) is 0.769. The molecule has 2 aromatic rings. The molecule has 2 aromatic carbocycles. The highest BCUT2D eigenvalue weighted by Crippen LogP contribution is 2.15. The minimum absolute atomic E-state index is 0.0526. The molecule has 3 amide bonds. The van der Waals surface area contributed by atoms with E-state index < -0.39 is 0 Å². The predicted molar refractivity (Wildman–Crippen MR) is 105 cm³/mol. The topological polar surface area (TPSA) is 70.7 Å². The Morgan fingerprint density at radius 3 is 2.52 bits per heavy atom. The summed E-state index contributed by atoms with van der Waals surface area (Å²) in [6, 6.07) is 14.4. The van der Waals surface area contributed by atoms with Gasteiger partial charge in [0.05, 0.1) is 6.54 Å². The van der Waals surface area contributed by atoms with Crippen molar-refractivity contribution in [1.29, 1.82) is 0 Å². The van der Waals surface area contributed by atoms with E-state index in [0.717, 1.165) is 37.2 Å². The molecule has 0 aromatic heterocycles. The molecule has 1 heterocycles. The van der Waals surface area contributed by atoms with Crippen molar-refractivity contribution in [2.24, 2.45) is 0 Å². The summed E-state index contributed by atoms with van der Waals surface area (Å²) in [6.07, 6.45) is 2.14. The third-order valence-electron chi connectivity index (χ3n) is 4.43. The first-order chi connectivity index (χ1) is 13.1. The van der Waals surface area contributed by atoms with Crippen LogP contribution in [0.1, 0.15) is 28.8 Å². The minimum Gasteiger partial charge on any atom is -0.492 e. The summed E-state index contributed by atoms with van der Waals surface area (Å²) < 4.78 is 5.59. The molecule has 0 atom stereocenters. The van der Waals surface area contributed by atoms with Gasteiger partial charge in [0.2, 0.25) is 0 Å². The maximum absolute atomic E-state index is 12.3. The smallest absolute Gasteiger partial charge is 0.319 e. The van der Waals surface area contributed by atoms with Crippen molar-refractivity contribution in [3.8, 4) is 5.75 Å². The Labute approximate surface area is 159 Å². The molecule has 6 heteroatoms. The lowest BCUT2D eigenvalue weighted by atomic mass is 10.2. The van der Waals surface area contributed by atoms with Gasteiger partial charge in [-0.15, -0.1) is 0 Å². The number of carbonyl (C=O) groups is 2. The van der Waals surface area contributed by atoms with E-state index in [1.807, 2.05) is 36.1 Å². The lowest BCUT2D eigenvalue weighted by Gasteiger charge is -2.15. The number of hydrogen-bond acceptors (Lipinski definition) is 3. The summed E-state index contributed by atoms with van der Waals surface area (Å²) in [4.78, 5) is 26.1. The first-order valence-electron chi connectivity index (χ1n) is 9.25. The summed E-state index contributed by atoms with van der Waals surface area (Å²) in [7, 11) is 0. The zero-order valence-corrected chi connectivity index (χ0v) is 15.5. The molecule has 0 radical (unpaired) electrons. The van der Waals surface area contributed by atoms with E-state index in [-0.39, 0.29) is 11.9 Å². The van der Waals surface area contributed by atoms with Gasteiger partial charge < -0.3 is 20.3 Å². The molecule has 6 nitrogen and oxygen atoms in total. The predicted octanol–water partition coefficient (Wildman–Crippen LogP) is 3.43. The normalized spacial score (nSPS) is 13.3. The molecule has 0 saturated carbocycles. The Hall–Kier alpha value is -3.02. The monoisotopic (exact) mass is 367 g/mol. The number of aryl methyl sites for hydroxylation is 1. The van der Waals surface area contributed by atoms with E-state index in [4.69, 9.17) is 4.74 Å². The SMILES string of the molecule is Cc1cccc(OCCNC(=O)Nc2ccc(C(=O)N3CCCC3)cc2)c1. The van der Waals surface area contributed by atoms with Gasteiger partial charge in [0.1, 0.15) is 12.4 Å². The fourth-order valence-corrected chi connectivity index (χ4v) is 3.01. The first-order valence-corrected chi connectivity index (χ1v) is 9.25. The number of benzene rings is 2. The van der Waals surface area contributed by atoms with Crippen LogP contribution in [0.2, 0.25) is 0 Å². The van der Waals surface area contributed by atoms with E-state index in [1.54, 1.807) is 24.3 Å². The molecule has 2 N–H and O–H groups in total. The van der Waals surface area contributed by atoms with Gasteiger partial charge in [0, 0.05) is 24.3 Å². The summed E-state index contributed by atoms with van der Waals surface area (Å²) in [5, 5.41) is 5.50. The summed E-state index contributed by atoms with van der Waals surface area (Å²) in [5.41, 5.74) is 2.42. The lowest BCUT2D eigenvalue weighted by molar-refractivity contribution is 0.0793. The van der Waals surface area contributed by atoms with Gasteiger partial charge in [0.25, 0.3) is 5.91 Å². The fourth-order valence-electron chi connectivity index (χ4n) is 3.01. The lowest BCUT2D eigenvalue weighted by Crippen LogP contribution is -2.32. The number of nitrogens with one attached hydrogen (secondary N) is 2. The van der Waals surface area contributed by atoms with Crippen LogP contribution in [0.4, 0.5) is 10.5 Å². The zero-order chi connectivity index (χ0) is 19.1. The van der Waals surface area contributed by atoms with Crippen LogP contribution in [0.5, 0.6) is 5.75 Å². The number of carbonyl (C=O) groups excluding carboxylic acids is 2. The number of hydrogen-bond donors (Lipinski definition) is 2. The van der Waals surface area contributed by atoms with E-state index in [9.17, 15) is 9.59 Å². The zero-order valence-electron chi connectivity index (χ0n) is 15.5. The molecule has 0 aliphatic carbocycles. The second kappa shape index (κ2) is 9.07. The highest BCUT2D eigenvalue weighted by atomic mass is 16.5. The fraction of sp³-hybridized carbons (Fsp3) is 0.333. The number of amides is 3. The molecule has 1 saturated heterocycles. The second-order valence-corrected chi connectivity index (χ2v) is 6.62. The summed E-state index contributed by atoms with van der Waals surface area (Å²) >= 11 is 0. The molecule has 3 rings (SSSR count). The maximum Gasteiger partial charge on any atom is 0.319 e. The van der Waals surface area contributed by atoms with E-state index in [0.29, 0.717) is 24.4 Å². The van der Waals surface area contributed by atoms with E-state index in [1.165, 1.54) is 0 Å². The van der Waals surface area contributed by atoms with Crippen molar-refractivity contribution in [3.05, 3.63) is 59.7 Å². The Kier molecular flexibility index (Phi) is 6.30. The van der Waals surface area contributed by atoms with Crippen LogP contribution in [0.3, 0.4) is 0 Å².